The average molecular weight is 471 g/mol. The Labute approximate surface area is 198 Å². The summed E-state index contributed by atoms with van der Waals surface area (Å²) in [5, 5.41) is 42.8. The number of esters is 2. The van der Waals surface area contributed by atoms with E-state index in [2.05, 4.69) is 0 Å². The molecule has 0 aromatic rings. The van der Waals surface area contributed by atoms with Crippen LogP contribution in [0.5, 0.6) is 0 Å². The molecule has 8 atom stereocenters. The molecule has 0 bridgehead atoms. The third-order valence-electron chi connectivity index (χ3n) is 8.65. The van der Waals surface area contributed by atoms with Gasteiger partial charge in [0.2, 0.25) is 0 Å². The molecule has 0 spiro atoms. The van der Waals surface area contributed by atoms with Crippen molar-refractivity contribution >= 4 is 11.9 Å². The largest absolute Gasteiger partial charge is 0.393 e. The summed E-state index contributed by atoms with van der Waals surface area (Å²) < 4.78 is 5.10. The highest BCUT2D eigenvalue weighted by molar-refractivity contribution is 5.94. The summed E-state index contributed by atoms with van der Waals surface area (Å²) in [5.74, 6) is -2.76. The fourth-order valence-electron chi connectivity index (χ4n) is 6.43. The first-order valence-corrected chi connectivity index (χ1v) is 12.7. The van der Waals surface area contributed by atoms with Crippen molar-refractivity contribution in [3.05, 3.63) is 0 Å². The van der Waals surface area contributed by atoms with Crippen molar-refractivity contribution in [1.82, 2.24) is 0 Å². The lowest BCUT2D eigenvalue weighted by Crippen LogP contribution is -2.59. The second kappa shape index (κ2) is 11.1. The van der Waals surface area contributed by atoms with E-state index < -0.39 is 48.2 Å². The topological polar surface area (TPSA) is 124 Å². The maximum atomic E-state index is 13.2. The quantitative estimate of drug-likeness (QED) is 0.318. The number of ether oxygens (including phenoxy) is 1. The molecular weight excluding hydrogens is 424 g/mol. The lowest BCUT2D eigenvalue weighted by molar-refractivity contribution is -0.205. The van der Waals surface area contributed by atoms with Crippen LogP contribution in [0.4, 0.5) is 0 Å². The molecule has 4 N–H and O–H groups in total. The first-order chi connectivity index (χ1) is 15.3. The van der Waals surface area contributed by atoms with Gasteiger partial charge in [-0.1, -0.05) is 54.4 Å². The molecule has 2 saturated carbocycles. The molecule has 2 aliphatic carbocycles. The van der Waals surface area contributed by atoms with Gasteiger partial charge in [0.25, 0.3) is 0 Å². The van der Waals surface area contributed by atoms with Gasteiger partial charge >= 0.3 is 11.9 Å². The Balaban J connectivity index is 2.30. The lowest BCUT2D eigenvalue weighted by atomic mass is 9.63. The molecule has 7 heteroatoms. The van der Waals surface area contributed by atoms with Gasteiger partial charge in [-0.05, 0) is 61.2 Å². The van der Waals surface area contributed by atoms with Crippen LogP contribution in [0.1, 0.15) is 80.1 Å². The summed E-state index contributed by atoms with van der Waals surface area (Å²) >= 11 is 0. The van der Waals surface area contributed by atoms with Crippen LogP contribution in [0.15, 0.2) is 0 Å². The summed E-state index contributed by atoms with van der Waals surface area (Å²) in [7, 11) is 0. The molecule has 0 heterocycles. The minimum absolute atomic E-state index is 0.0118. The van der Waals surface area contributed by atoms with Gasteiger partial charge in [0.1, 0.15) is 0 Å². The van der Waals surface area contributed by atoms with E-state index >= 15 is 0 Å². The zero-order chi connectivity index (χ0) is 25.1. The van der Waals surface area contributed by atoms with Crippen LogP contribution in [0, 0.1) is 47.3 Å². The highest BCUT2D eigenvalue weighted by Crippen LogP contribution is 2.46. The highest BCUT2D eigenvalue weighted by atomic mass is 16.6. The smallest absolute Gasteiger partial charge is 0.348 e. The van der Waals surface area contributed by atoms with Crippen molar-refractivity contribution in [2.45, 2.75) is 91.3 Å². The Morgan fingerprint density at radius 1 is 0.758 bits per heavy atom. The zero-order valence-corrected chi connectivity index (χ0v) is 21.3. The number of carbonyl (C=O) groups is 2. The third-order valence-corrected chi connectivity index (χ3v) is 8.65. The minimum Gasteiger partial charge on any atom is -0.393 e. The standard InChI is InChI=1S/C26H46O7/c1-15(2)19-9-7-17(5)11-21(19)25(31,13-27)23(29)33-24(30)26(32,14-28)22-12-18(6)8-10-20(22)16(3)4/h15-22,27-28,31-32H,7-14H2,1-6H3/t17-,18-,19+,20+,21-,22-,25?,26?/m0/s1. The van der Waals surface area contributed by atoms with Crippen LogP contribution in [0.25, 0.3) is 0 Å². The molecule has 2 fully saturated rings. The van der Waals surface area contributed by atoms with E-state index in [0.717, 1.165) is 25.7 Å². The minimum atomic E-state index is -2.24. The van der Waals surface area contributed by atoms with E-state index in [4.69, 9.17) is 4.74 Å². The Morgan fingerprint density at radius 3 is 1.36 bits per heavy atom. The van der Waals surface area contributed by atoms with Crippen LogP contribution in [0.3, 0.4) is 0 Å². The average Bonchev–Trinajstić information content (AvgIpc) is 2.77. The molecule has 0 aromatic heterocycles. The number of rotatable bonds is 8. The molecule has 0 radical (unpaired) electrons. The van der Waals surface area contributed by atoms with Crippen molar-refractivity contribution in [3.63, 3.8) is 0 Å². The number of hydrogen-bond donors (Lipinski definition) is 4. The van der Waals surface area contributed by atoms with Crippen LogP contribution < -0.4 is 0 Å². The van der Waals surface area contributed by atoms with E-state index in [1.165, 1.54) is 0 Å². The van der Waals surface area contributed by atoms with E-state index in [1.807, 2.05) is 41.5 Å². The van der Waals surface area contributed by atoms with Gasteiger partial charge in [-0.2, -0.15) is 0 Å². The fraction of sp³-hybridized carbons (Fsp3) is 0.923. The van der Waals surface area contributed by atoms with Gasteiger partial charge in [0.15, 0.2) is 11.2 Å². The Kier molecular flexibility index (Phi) is 9.53. The predicted octanol–water partition coefficient (Wildman–Crippen LogP) is 2.92. The number of aliphatic hydroxyl groups is 4. The number of hydrogen-bond acceptors (Lipinski definition) is 7. The van der Waals surface area contributed by atoms with Crippen molar-refractivity contribution < 1.29 is 34.8 Å². The molecule has 2 rings (SSSR count). The van der Waals surface area contributed by atoms with Gasteiger partial charge in [-0.25, -0.2) is 9.59 Å². The maximum absolute atomic E-state index is 13.2. The molecule has 0 saturated heterocycles. The van der Waals surface area contributed by atoms with Gasteiger partial charge in [-0.15, -0.1) is 0 Å². The first kappa shape index (κ1) is 28.2. The summed E-state index contributed by atoms with van der Waals surface area (Å²) in [5.41, 5.74) is -4.49. The monoisotopic (exact) mass is 470 g/mol. The number of carbonyl (C=O) groups excluding carboxylic acids is 2. The first-order valence-electron chi connectivity index (χ1n) is 12.7. The second-order valence-electron chi connectivity index (χ2n) is 11.7. The molecule has 0 aromatic carbocycles. The van der Waals surface area contributed by atoms with Gasteiger partial charge in [0.05, 0.1) is 13.2 Å². The fourth-order valence-corrected chi connectivity index (χ4v) is 6.43. The van der Waals surface area contributed by atoms with E-state index in [-0.39, 0.29) is 35.5 Å². The Hall–Kier alpha value is -1.02. The molecule has 0 amide bonds. The van der Waals surface area contributed by atoms with Crippen LogP contribution >= 0.6 is 0 Å². The van der Waals surface area contributed by atoms with Crippen molar-refractivity contribution in [2.24, 2.45) is 47.3 Å². The van der Waals surface area contributed by atoms with Crippen LogP contribution in [-0.2, 0) is 14.3 Å². The maximum Gasteiger partial charge on any atom is 0.348 e. The third kappa shape index (κ3) is 5.80. The SMILES string of the molecule is CC(C)[C@H]1CC[C@H](C)C[C@@H]1C(O)(CO)C(=O)OC(=O)C(O)(CO)[C@H]1C[C@@H](C)CC[C@@H]1C(C)C. The van der Waals surface area contributed by atoms with Gasteiger partial charge < -0.3 is 25.2 Å². The summed E-state index contributed by atoms with van der Waals surface area (Å²) in [6.07, 6.45) is 4.62. The van der Waals surface area contributed by atoms with E-state index in [1.54, 1.807) is 0 Å². The predicted molar refractivity (Wildman–Crippen MR) is 125 cm³/mol. The molecule has 33 heavy (non-hydrogen) atoms. The van der Waals surface area contributed by atoms with Crippen LogP contribution in [0.2, 0.25) is 0 Å². The summed E-state index contributed by atoms with van der Waals surface area (Å²) in [4.78, 5) is 26.3. The zero-order valence-electron chi connectivity index (χ0n) is 21.3. The normalized spacial score (nSPS) is 34.5. The summed E-state index contributed by atoms with van der Waals surface area (Å²) in [6, 6.07) is 0. The van der Waals surface area contributed by atoms with Crippen molar-refractivity contribution in [2.75, 3.05) is 13.2 Å². The molecule has 2 unspecified atom stereocenters. The molecule has 2 aliphatic rings. The number of aliphatic hydroxyl groups excluding tert-OH is 2. The molecule has 0 aliphatic heterocycles. The van der Waals surface area contributed by atoms with Crippen LogP contribution in [-0.4, -0.2) is 56.8 Å². The van der Waals surface area contributed by atoms with Gasteiger partial charge in [0, 0.05) is 11.8 Å². The lowest BCUT2D eigenvalue weighted by Gasteiger charge is -2.45. The van der Waals surface area contributed by atoms with E-state index in [0.29, 0.717) is 12.8 Å². The second-order valence-corrected chi connectivity index (χ2v) is 11.7. The van der Waals surface area contributed by atoms with E-state index in [9.17, 15) is 30.0 Å². The molecule has 7 nitrogen and oxygen atoms in total. The molecule has 192 valence electrons. The Bertz CT molecular complexity index is 622. The highest BCUT2D eigenvalue weighted by Gasteiger charge is 2.55. The van der Waals surface area contributed by atoms with Crippen molar-refractivity contribution in [3.8, 4) is 0 Å². The Morgan fingerprint density at radius 2 is 1.09 bits per heavy atom. The van der Waals surface area contributed by atoms with Gasteiger partial charge in [-0.3, -0.25) is 0 Å². The molecular formula is C26H46O7. The van der Waals surface area contributed by atoms with Crippen molar-refractivity contribution in [1.29, 1.82) is 0 Å². The summed E-state index contributed by atoms with van der Waals surface area (Å²) in [6.45, 7) is 10.4.